The van der Waals surface area contributed by atoms with Gasteiger partial charge in [0.1, 0.15) is 11.0 Å². The number of nitrogens with one attached hydrogen (secondary N) is 3. The van der Waals surface area contributed by atoms with Crippen LogP contribution in [-0.4, -0.2) is 29.1 Å². The average molecular weight is 403 g/mol. The molecule has 6 nitrogen and oxygen atoms in total. The molecule has 0 amide bonds. The van der Waals surface area contributed by atoms with Gasteiger partial charge in [0.25, 0.3) is 0 Å². The van der Waals surface area contributed by atoms with Crippen LogP contribution in [0.15, 0.2) is 30.3 Å². The van der Waals surface area contributed by atoms with Crippen molar-refractivity contribution in [1.82, 2.24) is 20.6 Å². The smallest absolute Gasteiger partial charge is 0.226 e. The molecule has 0 saturated heterocycles. The second-order valence-corrected chi connectivity index (χ2v) is 7.82. The van der Waals surface area contributed by atoms with E-state index < -0.39 is 0 Å². The molecule has 0 unspecified atom stereocenters. The Morgan fingerprint density at radius 2 is 1.68 bits per heavy atom. The van der Waals surface area contributed by atoms with Crippen LogP contribution in [0.5, 0.6) is 0 Å². The van der Waals surface area contributed by atoms with Gasteiger partial charge in [0.05, 0.1) is 0 Å². The molecule has 2 aromatic rings. The first-order chi connectivity index (χ1) is 13.7. The van der Waals surface area contributed by atoms with E-state index in [-0.39, 0.29) is 0 Å². The zero-order valence-electron chi connectivity index (χ0n) is 16.4. The predicted octanol–water partition coefficient (Wildman–Crippen LogP) is 3.73. The Bertz CT molecular complexity index is 695. The molecule has 7 heteroatoms. The Kier molecular flexibility index (Phi) is 8.33. The lowest BCUT2D eigenvalue weighted by atomic mass is 9.95. The minimum atomic E-state index is 0.338. The summed E-state index contributed by atoms with van der Waals surface area (Å²) in [5.74, 6) is 0.801. The van der Waals surface area contributed by atoms with E-state index in [2.05, 4.69) is 50.2 Å². The Labute approximate surface area is 172 Å². The maximum atomic E-state index is 5.89. The van der Waals surface area contributed by atoms with Crippen LogP contribution in [0.3, 0.4) is 0 Å². The molecule has 1 saturated carbocycles. The van der Waals surface area contributed by atoms with E-state index in [1.54, 1.807) is 0 Å². The number of nitrogen functional groups attached to an aromatic ring is 1. The number of hydrogen-bond donors (Lipinski definition) is 4. The zero-order valence-corrected chi connectivity index (χ0v) is 17.1. The topological polar surface area (TPSA) is 87.9 Å². The summed E-state index contributed by atoms with van der Waals surface area (Å²) in [4.78, 5) is 8.23. The molecular formula is C21H31ClN6. The molecule has 1 aromatic carbocycles. The highest BCUT2D eigenvalue weighted by Crippen LogP contribution is 2.17. The van der Waals surface area contributed by atoms with Gasteiger partial charge in [-0.25, -0.2) is 4.98 Å². The van der Waals surface area contributed by atoms with Crippen LogP contribution in [0.4, 0.5) is 11.8 Å². The Morgan fingerprint density at radius 3 is 2.39 bits per heavy atom. The zero-order chi connectivity index (χ0) is 19.6. The van der Waals surface area contributed by atoms with Gasteiger partial charge in [-0.3, -0.25) is 0 Å². The summed E-state index contributed by atoms with van der Waals surface area (Å²) in [7, 11) is 0. The molecule has 1 aliphatic rings. The van der Waals surface area contributed by atoms with Crippen molar-refractivity contribution in [2.45, 2.75) is 57.7 Å². The van der Waals surface area contributed by atoms with Crippen molar-refractivity contribution < 1.29 is 0 Å². The van der Waals surface area contributed by atoms with Crippen molar-refractivity contribution in [1.29, 1.82) is 0 Å². The van der Waals surface area contributed by atoms with E-state index in [1.807, 2.05) is 0 Å². The molecule has 28 heavy (non-hydrogen) atoms. The number of halogens is 1. The number of hydrogen-bond acceptors (Lipinski definition) is 6. The monoisotopic (exact) mass is 402 g/mol. The summed E-state index contributed by atoms with van der Waals surface area (Å²) in [6.45, 7) is 3.67. The van der Waals surface area contributed by atoms with Gasteiger partial charge in [-0.05, 0) is 43.5 Å². The van der Waals surface area contributed by atoms with Crippen molar-refractivity contribution in [3.8, 4) is 0 Å². The highest BCUT2D eigenvalue weighted by atomic mass is 35.5. The van der Waals surface area contributed by atoms with Crippen LogP contribution in [0.2, 0.25) is 5.15 Å². The number of rotatable bonds is 10. The molecule has 0 aliphatic heterocycles. The van der Waals surface area contributed by atoms with Gasteiger partial charge in [0, 0.05) is 25.2 Å². The van der Waals surface area contributed by atoms with E-state index in [0.717, 1.165) is 31.2 Å². The van der Waals surface area contributed by atoms with E-state index in [9.17, 15) is 0 Å². The highest BCUT2D eigenvalue weighted by molar-refractivity contribution is 6.29. The lowest BCUT2D eigenvalue weighted by molar-refractivity contribution is 0.371. The fourth-order valence-electron chi connectivity index (χ4n) is 3.53. The van der Waals surface area contributed by atoms with E-state index >= 15 is 0 Å². The van der Waals surface area contributed by atoms with E-state index in [1.165, 1.54) is 50.2 Å². The van der Waals surface area contributed by atoms with Crippen LogP contribution in [0.1, 0.15) is 49.7 Å². The molecule has 3 rings (SSSR count). The molecule has 5 N–H and O–H groups in total. The van der Waals surface area contributed by atoms with Crippen LogP contribution in [0.25, 0.3) is 0 Å². The number of anilines is 2. The first kappa shape index (κ1) is 20.8. The summed E-state index contributed by atoms with van der Waals surface area (Å²) < 4.78 is 0. The molecule has 1 aliphatic carbocycles. The molecular weight excluding hydrogens is 372 g/mol. The minimum Gasteiger partial charge on any atom is -0.383 e. The summed E-state index contributed by atoms with van der Waals surface area (Å²) in [5.41, 5.74) is 8.12. The first-order valence-corrected chi connectivity index (χ1v) is 10.6. The molecule has 0 bridgehead atoms. The van der Waals surface area contributed by atoms with Gasteiger partial charge in [-0.2, -0.15) is 4.98 Å². The van der Waals surface area contributed by atoms with Crippen molar-refractivity contribution >= 4 is 23.4 Å². The van der Waals surface area contributed by atoms with Crippen LogP contribution in [-0.2, 0) is 13.1 Å². The third kappa shape index (κ3) is 7.26. The molecule has 0 spiro atoms. The normalized spacial score (nSPS) is 14.9. The summed E-state index contributed by atoms with van der Waals surface area (Å²) in [6, 6.07) is 10.8. The standard InChI is InChI=1S/C21H31ClN6/c22-19-13-20(23)28-21(27-19)26-15-17-9-7-16(8-10-17)14-24-11-4-12-25-18-5-2-1-3-6-18/h7-10,13,18,24-25H,1-6,11-12,14-15H2,(H3,23,26,27,28). The summed E-state index contributed by atoms with van der Waals surface area (Å²) in [6.07, 6.45) is 8.07. The number of nitrogens with zero attached hydrogens (tertiary/aromatic N) is 2. The molecule has 0 radical (unpaired) electrons. The van der Waals surface area contributed by atoms with Gasteiger partial charge in [0.2, 0.25) is 5.95 Å². The molecule has 152 valence electrons. The number of nitrogens with two attached hydrogens (primary N) is 1. The third-order valence-corrected chi connectivity index (χ3v) is 5.28. The van der Waals surface area contributed by atoms with Crippen molar-refractivity contribution in [3.05, 3.63) is 46.6 Å². The molecule has 1 aromatic heterocycles. The average Bonchev–Trinajstić information content (AvgIpc) is 2.70. The van der Waals surface area contributed by atoms with Crippen LogP contribution in [0, 0.1) is 0 Å². The second kappa shape index (κ2) is 11.2. The van der Waals surface area contributed by atoms with Gasteiger partial charge >= 0.3 is 0 Å². The largest absolute Gasteiger partial charge is 0.383 e. The van der Waals surface area contributed by atoms with Crippen molar-refractivity contribution in [2.75, 3.05) is 24.1 Å². The molecule has 1 heterocycles. The van der Waals surface area contributed by atoms with Crippen LogP contribution >= 0.6 is 11.6 Å². The fraction of sp³-hybridized carbons (Fsp3) is 0.524. The van der Waals surface area contributed by atoms with Gasteiger partial charge in [-0.15, -0.1) is 0 Å². The minimum absolute atomic E-state index is 0.338. The Hall–Kier alpha value is -1.89. The number of aromatic nitrogens is 2. The van der Waals surface area contributed by atoms with Crippen LogP contribution < -0.4 is 21.7 Å². The predicted molar refractivity (Wildman–Crippen MR) is 116 cm³/mol. The Morgan fingerprint density at radius 1 is 0.964 bits per heavy atom. The van der Waals surface area contributed by atoms with E-state index in [0.29, 0.717) is 23.5 Å². The third-order valence-electron chi connectivity index (χ3n) is 5.09. The second-order valence-electron chi connectivity index (χ2n) is 7.43. The van der Waals surface area contributed by atoms with Crippen molar-refractivity contribution in [3.63, 3.8) is 0 Å². The fourth-order valence-corrected chi connectivity index (χ4v) is 3.72. The van der Waals surface area contributed by atoms with Gasteiger partial charge in [0.15, 0.2) is 0 Å². The SMILES string of the molecule is Nc1cc(Cl)nc(NCc2ccc(CNCCCNC3CCCCC3)cc2)n1. The van der Waals surface area contributed by atoms with Gasteiger partial charge in [-0.1, -0.05) is 55.1 Å². The van der Waals surface area contributed by atoms with Gasteiger partial charge < -0.3 is 21.7 Å². The maximum absolute atomic E-state index is 5.89. The van der Waals surface area contributed by atoms with Crippen molar-refractivity contribution in [2.24, 2.45) is 0 Å². The quantitative estimate of drug-likeness (QED) is 0.358. The summed E-state index contributed by atoms with van der Waals surface area (Å²) in [5, 5.41) is 10.7. The summed E-state index contributed by atoms with van der Waals surface area (Å²) >= 11 is 5.89. The lowest BCUT2D eigenvalue weighted by Gasteiger charge is -2.22. The van der Waals surface area contributed by atoms with E-state index in [4.69, 9.17) is 17.3 Å². The maximum Gasteiger partial charge on any atom is 0.226 e. The Balaban J connectivity index is 1.30. The highest BCUT2D eigenvalue weighted by Gasteiger charge is 2.11. The lowest BCUT2D eigenvalue weighted by Crippen LogP contribution is -2.33. The molecule has 1 fully saturated rings. The molecule has 0 atom stereocenters. The first-order valence-electron chi connectivity index (χ1n) is 10.2. The number of benzene rings is 1.